The van der Waals surface area contributed by atoms with Crippen LogP contribution in [0, 0.1) is 11.3 Å². The van der Waals surface area contributed by atoms with Gasteiger partial charge in [0.15, 0.2) is 0 Å². The zero-order valence-electron chi connectivity index (χ0n) is 10.4. The maximum Gasteiger partial charge on any atom is 0.0992 e. The first-order valence-electron chi connectivity index (χ1n) is 6.29. The van der Waals surface area contributed by atoms with Gasteiger partial charge >= 0.3 is 0 Å². The maximum atomic E-state index is 8.80. The zero-order valence-corrected chi connectivity index (χ0v) is 11.1. The van der Waals surface area contributed by atoms with Crippen LogP contribution >= 0.6 is 11.6 Å². The molecule has 0 aromatic heterocycles. The van der Waals surface area contributed by atoms with Crippen LogP contribution in [0.5, 0.6) is 0 Å². The van der Waals surface area contributed by atoms with Gasteiger partial charge in [0.1, 0.15) is 0 Å². The fourth-order valence-corrected chi connectivity index (χ4v) is 2.75. The molecule has 0 aliphatic heterocycles. The van der Waals surface area contributed by atoms with Crippen LogP contribution < -0.4 is 5.32 Å². The number of rotatable bonds is 3. The van der Waals surface area contributed by atoms with E-state index in [1.807, 2.05) is 6.07 Å². The van der Waals surface area contributed by atoms with Crippen molar-refractivity contribution >= 4 is 17.3 Å². The third kappa shape index (κ3) is 2.30. The normalized spacial score (nSPS) is 16.1. The van der Waals surface area contributed by atoms with E-state index in [9.17, 15) is 0 Å². The fourth-order valence-electron chi connectivity index (χ4n) is 2.51. The molecule has 1 atom stereocenters. The molecule has 3 heteroatoms. The van der Waals surface area contributed by atoms with Crippen molar-refractivity contribution in [3.63, 3.8) is 0 Å². The molecule has 1 aliphatic rings. The van der Waals surface area contributed by atoms with Crippen LogP contribution in [0.1, 0.15) is 22.6 Å². The molecule has 2 aromatic rings. The van der Waals surface area contributed by atoms with E-state index in [1.54, 1.807) is 12.1 Å². The molecule has 1 unspecified atom stereocenters. The summed E-state index contributed by atoms with van der Waals surface area (Å²) in [5.41, 5.74) is 4.36. The summed E-state index contributed by atoms with van der Waals surface area (Å²) in [6, 6.07) is 16.0. The molecule has 0 spiro atoms. The van der Waals surface area contributed by atoms with Crippen LogP contribution in [0.15, 0.2) is 42.5 Å². The lowest BCUT2D eigenvalue weighted by Gasteiger charge is -2.30. The lowest BCUT2D eigenvalue weighted by molar-refractivity contribution is 0.636. The molecule has 94 valence electrons. The number of anilines is 1. The van der Waals surface area contributed by atoms with E-state index in [-0.39, 0.29) is 0 Å². The molecule has 0 fully saturated rings. The maximum absolute atomic E-state index is 8.80. The minimum Gasteiger partial charge on any atom is -0.383 e. The minimum atomic E-state index is 0.558. The summed E-state index contributed by atoms with van der Waals surface area (Å²) in [5.74, 6) is 0.558. The Hall–Kier alpha value is -1.98. The summed E-state index contributed by atoms with van der Waals surface area (Å²) in [6.07, 6.45) is 1.12. The van der Waals surface area contributed by atoms with Gasteiger partial charge in [0.2, 0.25) is 0 Å². The average molecular weight is 269 g/mol. The van der Waals surface area contributed by atoms with Gasteiger partial charge < -0.3 is 5.32 Å². The molecule has 0 saturated heterocycles. The Kier molecular flexibility index (Phi) is 3.15. The first-order chi connectivity index (χ1) is 9.28. The Morgan fingerprint density at radius 2 is 2.11 bits per heavy atom. The second-order valence-corrected chi connectivity index (χ2v) is 5.19. The number of halogens is 1. The van der Waals surface area contributed by atoms with E-state index < -0.39 is 0 Å². The van der Waals surface area contributed by atoms with Crippen molar-refractivity contribution in [3.05, 3.63) is 64.2 Å². The van der Waals surface area contributed by atoms with Crippen molar-refractivity contribution in [2.45, 2.75) is 12.3 Å². The Bertz CT molecular complexity index is 658. The second-order valence-electron chi connectivity index (χ2n) is 4.79. The van der Waals surface area contributed by atoms with Crippen molar-refractivity contribution in [3.8, 4) is 6.07 Å². The number of nitrogens with zero attached hydrogens (tertiary/aromatic N) is 1. The summed E-state index contributed by atoms with van der Waals surface area (Å²) < 4.78 is 0. The standard InChI is InChI=1S/C16H13ClN2/c17-15-7-11(9-18)5-6-16(15)19-10-13-8-12-3-1-2-4-14(12)13/h1-7,13,19H,8,10H2. The van der Waals surface area contributed by atoms with Crippen LogP contribution in [-0.4, -0.2) is 6.54 Å². The highest BCUT2D eigenvalue weighted by atomic mass is 35.5. The first kappa shape index (κ1) is 12.1. The topological polar surface area (TPSA) is 35.8 Å². The predicted octanol–water partition coefficient (Wildman–Crippen LogP) is 3.96. The smallest absolute Gasteiger partial charge is 0.0992 e. The molecule has 1 N–H and O–H groups in total. The fraction of sp³-hybridized carbons (Fsp3) is 0.188. The Morgan fingerprint density at radius 3 is 2.84 bits per heavy atom. The van der Waals surface area contributed by atoms with E-state index in [2.05, 4.69) is 35.7 Å². The van der Waals surface area contributed by atoms with E-state index in [0.717, 1.165) is 18.7 Å². The van der Waals surface area contributed by atoms with Gasteiger partial charge in [0.05, 0.1) is 22.3 Å². The predicted molar refractivity (Wildman–Crippen MR) is 77.5 cm³/mol. The second kappa shape index (κ2) is 4.95. The lowest BCUT2D eigenvalue weighted by Crippen LogP contribution is -2.24. The molecule has 0 bridgehead atoms. The molecule has 3 rings (SSSR count). The van der Waals surface area contributed by atoms with Gasteiger partial charge in [-0.2, -0.15) is 5.26 Å². The molecular formula is C16H13ClN2. The van der Waals surface area contributed by atoms with Crippen LogP contribution in [0.4, 0.5) is 5.69 Å². The van der Waals surface area contributed by atoms with Gasteiger partial charge in [-0.15, -0.1) is 0 Å². The van der Waals surface area contributed by atoms with Gasteiger partial charge in [-0.05, 0) is 35.7 Å². The quantitative estimate of drug-likeness (QED) is 0.914. The SMILES string of the molecule is N#Cc1ccc(NCC2Cc3ccccc32)c(Cl)c1. The number of nitriles is 1. The molecule has 1 aliphatic carbocycles. The number of benzene rings is 2. The molecule has 19 heavy (non-hydrogen) atoms. The number of hydrogen-bond acceptors (Lipinski definition) is 2. The molecule has 0 radical (unpaired) electrons. The van der Waals surface area contributed by atoms with Crippen molar-refractivity contribution in [2.24, 2.45) is 0 Å². The van der Waals surface area contributed by atoms with Gasteiger partial charge in [-0.3, -0.25) is 0 Å². The summed E-state index contributed by atoms with van der Waals surface area (Å²) in [5, 5.41) is 12.8. The van der Waals surface area contributed by atoms with E-state index in [1.165, 1.54) is 11.1 Å². The highest BCUT2D eigenvalue weighted by Crippen LogP contribution is 2.35. The van der Waals surface area contributed by atoms with Crippen LogP contribution in [0.3, 0.4) is 0 Å². The molecular weight excluding hydrogens is 256 g/mol. The van der Waals surface area contributed by atoms with Crippen molar-refractivity contribution in [1.82, 2.24) is 0 Å². The van der Waals surface area contributed by atoms with Crippen LogP contribution in [0.2, 0.25) is 5.02 Å². The molecule has 2 aromatic carbocycles. The molecule has 2 nitrogen and oxygen atoms in total. The third-order valence-electron chi connectivity index (χ3n) is 3.60. The van der Waals surface area contributed by atoms with Crippen LogP contribution in [-0.2, 0) is 6.42 Å². The molecule has 0 heterocycles. The Labute approximate surface area is 117 Å². The highest BCUT2D eigenvalue weighted by molar-refractivity contribution is 6.33. The summed E-state index contributed by atoms with van der Waals surface area (Å²) in [6.45, 7) is 0.878. The Morgan fingerprint density at radius 1 is 1.26 bits per heavy atom. The number of fused-ring (bicyclic) bond motifs is 1. The third-order valence-corrected chi connectivity index (χ3v) is 3.91. The van der Waals surface area contributed by atoms with Gasteiger partial charge in [-0.25, -0.2) is 0 Å². The van der Waals surface area contributed by atoms with Gasteiger partial charge in [0, 0.05) is 12.5 Å². The summed E-state index contributed by atoms with van der Waals surface area (Å²) >= 11 is 6.14. The zero-order chi connectivity index (χ0) is 13.2. The monoisotopic (exact) mass is 268 g/mol. The average Bonchev–Trinajstić information content (AvgIpc) is 2.41. The van der Waals surface area contributed by atoms with Crippen molar-refractivity contribution in [1.29, 1.82) is 5.26 Å². The summed E-state index contributed by atoms with van der Waals surface area (Å²) in [7, 11) is 0. The summed E-state index contributed by atoms with van der Waals surface area (Å²) in [4.78, 5) is 0. The molecule has 0 amide bonds. The number of hydrogen-bond donors (Lipinski definition) is 1. The van der Waals surface area contributed by atoms with E-state index >= 15 is 0 Å². The van der Waals surface area contributed by atoms with Gasteiger partial charge in [-0.1, -0.05) is 35.9 Å². The largest absolute Gasteiger partial charge is 0.383 e. The van der Waals surface area contributed by atoms with Crippen LogP contribution in [0.25, 0.3) is 0 Å². The Balaban J connectivity index is 1.67. The number of nitrogens with one attached hydrogen (secondary N) is 1. The lowest BCUT2D eigenvalue weighted by atomic mass is 9.77. The first-order valence-corrected chi connectivity index (χ1v) is 6.67. The minimum absolute atomic E-state index is 0.558. The highest BCUT2D eigenvalue weighted by Gasteiger charge is 2.24. The van der Waals surface area contributed by atoms with E-state index in [4.69, 9.17) is 16.9 Å². The van der Waals surface area contributed by atoms with Crippen molar-refractivity contribution < 1.29 is 0 Å². The van der Waals surface area contributed by atoms with E-state index in [0.29, 0.717) is 16.5 Å². The van der Waals surface area contributed by atoms with Gasteiger partial charge in [0.25, 0.3) is 0 Å². The van der Waals surface area contributed by atoms with Crippen molar-refractivity contribution in [2.75, 3.05) is 11.9 Å². The molecule has 0 saturated carbocycles.